The lowest BCUT2D eigenvalue weighted by Gasteiger charge is -2.15. The smallest absolute Gasteiger partial charge is 0.203 e. The van der Waals surface area contributed by atoms with Gasteiger partial charge in [0.1, 0.15) is 0 Å². The fourth-order valence-electron chi connectivity index (χ4n) is 2.06. The van der Waals surface area contributed by atoms with E-state index in [2.05, 4.69) is 40.2 Å². The second kappa shape index (κ2) is 6.73. The number of hydrogen-bond donors (Lipinski definition) is 1. The Hall–Kier alpha value is -1.33. The molecule has 5 heteroatoms. The third-order valence-corrected chi connectivity index (χ3v) is 3.99. The van der Waals surface area contributed by atoms with Crippen molar-refractivity contribution in [1.82, 2.24) is 9.55 Å². The van der Waals surface area contributed by atoms with Crippen LogP contribution in [0.4, 0.5) is 5.95 Å². The van der Waals surface area contributed by atoms with E-state index in [4.69, 9.17) is 4.74 Å². The highest BCUT2D eigenvalue weighted by molar-refractivity contribution is 7.10. The number of ether oxygens (including phenoxy) is 1. The standard InChI is InChI=1S/C14H21N3OS/c1-4-12-5-8-19-13(12)9-17-7-6-15-14(17)16-11(2)10-18-3/h5-8,11H,4,9-10H2,1-3H3,(H,15,16). The van der Waals surface area contributed by atoms with Crippen molar-refractivity contribution < 1.29 is 4.74 Å². The Morgan fingerprint density at radius 1 is 1.53 bits per heavy atom. The molecule has 1 unspecified atom stereocenters. The minimum atomic E-state index is 0.250. The molecule has 0 aromatic carbocycles. The molecule has 2 aromatic rings. The molecule has 19 heavy (non-hydrogen) atoms. The van der Waals surface area contributed by atoms with Gasteiger partial charge in [-0.1, -0.05) is 6.92 Å². The first-order valence-electron chi connectivity index (χ1n) is 6.56. The van der Waals surface area contributed by atoms with Crippen molar-refractivity contribution >= 4 is 17.3 Å². The summed E-state index contributed by atoms with van der Waals surface area (Å²) < 4.78 is 7.29. The number of thiophene rings is 1. The fourth-order valence-corrected chi connectivity index (χ4v) is 3.04. The Morgan fingerprint density at radius 2 is 2.37 bits per heavy atom. The molecule has 0 saturated carbocycles. The number of aromatic nitrogens is 2. The summed E-state index contributed by atoms with van der Waals surface area (Å²) in [6.45, 7) is 5.83. The van der Waals surface area contributed by atoms with Gasteiger partial charge < -0.3 is 14.6 Å². The van der Waals surface area contributed by atoms with E-state index in [1.54, 1.807) is 7.11 Å². The van der Waals surface area contributed by atoms with Gasteiger partial charge in [-0.3, -0.25) is 0 Å². The lowest BCUT2D eigenvalue weighted by molar-refractivity contribution is 0.190. The van der Waals surface area contributed by atoms with E-state index in [0.29, 0.717) is 6.61 Å². The topological polar surface area (TPSA) is 39.1 Å². The highest BCUT2D eigenvalue weighted by atomic mass is 32.1. The molecule has 0 bridgehead atoms. The van der Waals surface area contributed by atoms with Gasteiger partial charge in [0.15, 0.2) is 0 Å². The summed E-state index contributed by atoms with van der Waals surface area (Å²) in [6, 6.07) is 2.46. The molecule has 0 saturated heterocycles. The van der Waals surface area contributed by atoms with Gasteiger partial charge in [0.2, 0.25) is 5.95 Å². The molecular formula is C14H21N3OS. The summed E-state index contributed by atoms with van der Waals surface area (Å²) in [6.07, 6.45) is 4.93. The molecule has 0 aliphatic carbocycles. The van der Waals surface area contributed by atoms with Crippen LogP contribution in [0.25, 0.3) is 0 Å². The van der Waals surface area contributed by atoms with Crippen molar-refractivity contribution in [1.29, 1.82) is 0 Å². The third-order valence-electron chi connectivity index (χ3n) is 3.04. The van der Waals surface area contributed by atoms with Crippen LogP contribution in [0, 0.1) is 0 Å². The second-order valence-corrected chi connectivity index (χ2v) is 5.60. The maximum absolute atomic E-state index is 5.14. The number of methoxy groups -OCH3 is 1. The normalized spacial score (nSPS) is 12.6. The number of nitrogens with one attached hydrogen (secondary N) is 1. The number of imidazole rings is 1. The molecule has 2 heterocycles. The molecule has 2 rings (SSSR count). The van der Waals surface area contributed by atoms with Gasteiger partial charge in [0.25, 0.3) is 0 Å². The van der Waals surface area contributed by atoms with Crippen molar-refractivity contribution in [2.75, 3.05) is 19.0 Å². The first-order valence-corrected chi connectivity index (χ1v) is 7.44. The average molecular weight is 279 g/mol. The van der Waals surface area contributed by atoms with Gasteiger partial charge in [-0.25, -0.2) is 4.98 Å². The summed E-state index contributed by atoms with van der Waals surface area (Å²) in [5.41, 5.74) is 1.43. The van der Waals surface area contributed by atoms with Crippen LogP contribution >= 0.6 is 11.3 Å². The van der Waals surface area contributed by atoms with Gasteiger partial charge in [0, 0.05) is 30.4 Å². The Kier molecular flexibility index (Phi) is 4.99. The van der Waals surface area contributed by atoms with Crippen LogP contribution in [0.3, 0.4) is 0 Å². The number of rotatable bonds is 7. The van der Waals surface area contributed by atoms with Crippen LogP contribution in [0.1, 0.15) is 24.3 Å². The predicted octanol–water partition coefficient (Wildman–Crippen LogP) is 3.00. The van der Waals surface area contributed by atoms with Crippen molar-refractivity contribution in [3.63, 3.8) is 0 Å². The summed E-state index contributed by atoms with van der Waals surface area (Å²) in [4.78, 5) is 5.78. The minimum Gasteiger partial charge on any atom is -0.383 e. The molecule has 2 aromatic heterocycles. The first kappa shape index (κ1) is 14.1. The van der Waals surface area contributed by atoms with Crippen molar-refractivity contribution in [3.05, 3.63) is 34.3 Å². The summed E-state index contributed by atoms with van der Waals surface area (Å²) >= 11 is 1.81. The molecule has 0 aliphatic heterocycles. The van der Waals surface area contributed by atoms with Gasteiger partial charge >= 0.3 is 0 Å². The van der Waals surface area contributed by atoms with Gasteiger partial charge in [-0.15, -0.1) is 11.3 Å². The fraction of sp³-hybridized carbons (Fsp3) is 0.500. The van der Waals surface area contributed by atoms with Crippen LogP contribution in [-0.4, -0.2) is 29.3 Å². The maximum Gasteiger partial charge on any atom is 0.203 e. The molecule has 1 atom stereocenters. The minimum absolute atomic E-state index is 0.250. The number of hydrogen-bond acceptors (Lipinski definition) is 4. The monoisotopic (exact) mass is 279 g/mol. The molecule has 0 radical (unpaired) electrons. The van der Waals surface area contributed by atoms with Gasteiger partial charge in [0.05, 0.1) is 13.2 Å². The summed E-state index contributed by atoms with van der Waals surface area (Å²) in [5, 5.41) is 5.53. The van der Waals surface area contributed by atoms with E-state index in [1.165, 1.54) is 10.4 Å². The zero-order chi connectivity index (χ0) is 13.7. The van der Waals surface area contributed by atoms with Crippen LogP contribution in [0.5, 0.6) is 0 Å². The van der Waals surface area contributed by atoms with Crippen LogP contribution in [0.15, 0.2) is 23.8 Å². The van der Waals surface area contributed by atoms with Gasteiger partial charge in [-0.05, 0) is 30.4 Å². The Morgan fingerprint density at radius 3 is 3.11 bits per heavy atom. The Balaban J connectivity index is 2.07. The van der Waals surface area contributed by atoms with E-state index in [-0.39, 0.29) is 6.04 Å². The molecule has 0 aliphatic rings. The van der Waals surface area contributed by atoms with E-state index in [0.717, 1.165) is 18.9 Å². The highest BCUT2D eigenvalue weighted by Crippen LogP contribution is 2.20. The first-order chi connectivity index (χ1) is 9.24. The van der Waals surface area contributed by atoms with Crippen LogP contribution in [0.2, 0.25) is 0 Å². The second-order valence-electron chi connectivity index (χ2n) is 4.60. The molecular weight excluding hydrogens is 258 g/mol. The SMILES string of the molecule is CCc1ccsc1Cn1ccnc1NC(C)COC. The van der Waals surface area contributed by atoms with E-state index >= 15 is 0 Å². The van der Waals surface area contributed by atoms with E-state index < -0.39 is 0 Å². The predicted molar refractivity (Wildman–Crippen MR) is 80.0 cm³/mol. The molecule has 104 valence electrons. The maximum atomic E-state index is 5.14. The number of nitrogens with zero attached hydrogens (tertiary/aromatic N) is 2. The Bertz CT molecular complexity index is 506. The molecule has 1 N–H and O–H groups in total. The lowest BCUT2D eigenvalue weighted by atomic mass is 10.2. The largest absolute Gasteiger partial charge is 0.383 e. The Labute approximate surface area is 118 Å². The van der Waals surface area contributed by atoms with E-state index in [1.807, 2.05) is 23.7 Å². The number of anilines is 1. The van der Waals surface area contributed by atoms with Crippen molar-refractivity contribution in [2.24, 2.45) is 0 Å². The molecule has 0 amide bonds. The highest BCUT2D eigenvalue weighted by Gasteiger charge is 2.09. The van der Waals surface area contributed by atoms with Crippen molar-refractivity contribution in [3.8, 4) is 0 Å². The third kappa shape index (κ3) is 3.58. The van der Waals surface area contributed by atoms with Crippen LogP contribution < -0.4 is 5.32 Å². The molecule has 0 fully saturated rings. The van der Waals surface area contributed by atoms with Crippen LogP contribution in [-0.2, 0) is 17.7 Å². The quantitative estimate of drug-likeness (QED) is 0.847. The van der Waals surface area contributed by atoms with E-state index in [9.17, 15) is 0 Å². The van der Waals surface area contributed by atoms with Crippen molar-refractivity contribution in [2.45, 2.75) is 32.9 Å². The lowest BCUT2D eigenvalue weighted by Crippen LogP contribution is -2.23. The summed E-state index contributed by atoms with van der Waals surface area (Å²) in [5.74, 6) is 0.903. The zero-order valence-corrected chi connectivity index (χ0v) is 12.5. The molecule has 0 spiro atoms. The van der Waals surface area contributed by atoms with Gasteiger partial charge in [-0.2, -0.15) is 0 Å². The number of aryl methyl sites for hydroxylation is 1. The summed E-state index contributed by atoms with van der Waals surface area (Å²) in [7, 11) is 1.71. The molecule has 4 nitrogen and oxygen atoms in total. The zero-order valence-electron chi connectivity index (χ0n) is 11.7. The average Bonchev–Trinajstić information content (AvgIpc) is 3.00.